The third-order valence-electron chi connectivity index (χ3n) is 6.27. The highest BCUT2D eigenvalue weighted by atomic mass is 35.5. The van der Waals surface area contributed by atoms with Gasteiger partial charge in [-0.3, -0.25) is 0 Å². The molecule has 0 aliphatic carbocycles. The van der Waals surface area contributed by atoms with Crippen molar-refractivity contribution in [3.05, 3.63) is 34.9 Å². The summed E-state index contributed by atoms with van der Waals surface area (Å²) in [4.78, 5) is 26.8. The molecule has 3 N–H and O–H groups in total. The first kappa shape index (κ1) is 29.2. The molecule has 0 aromatic heterocycles. The Labute approximate surface area is 214 Å². The van der Waals surface area contributed by atoms with Gasteiger partial charge in [-0.25, -0.2) is 9.59 Å². The van der Waals surface area contributed by atoms with E-state index in [1.165, 1.54) is 11.9 Å². The average Bonchev–Trinajstić information content (AvgIpc) is 3.09. The summed E-state index contributed by atoms with van der Waals surface area (Å²) in [5, 5.41) is 16.0. The Bertz CT molecular complexity index is 776. The number of nitrogens with zero attached hydrogens (tertiary/aromatic N) is 2. The molecule has 0 bridgehead atoms. The average molecular weight is 513 g/mol. The molecule has 1 fully saturated rings. The van der Waals surface area contributed by atoms with Crippen LogP contribution in [0.2, 0.25) is 5.02 Å². The topological polar surface area (TPSA) is 103 Å². The van der Waals surface area contributed by atoms with Gasteiger partial charge in [0, 0.05) is 58.0 Å². The molecule has 35 heavy (non-hydrogen) atoms. The zero-order chi connectivity index (χ0) is 25.6. The molecule has 0 unspecified atom stereocenters. The number of urea groups is 1. The molecule has 0 spiro atoms. The fraction of sp³-hybridized carbons (Fsp3) is 0.680. The van der Waals surface area contributed by atoms with E-state index in [-0.39, 0.29) is 31.3 Å². The van der Waals surface area contributed by atoms with Crippen molar-refractivity contribution in [2.45, 2.75) is 44.2 Å². The van der Waals surface area contributed by atoms with Crippen molar-refractivity contribution >= 4 is 23.7 Å². The fourth-order valence-corrected chi connectivity index (χ4v) is 4.38. The minimum absolute atomic E-state index is 0.0215. The van der Waals surface area contributed by atoms with Gasteiger partial charge in [0.05, 0.1) is 12.7 Å². The number of carbonyl (C=O) groups excluding carboxylic acids is 1. The van der Waals surface area contributed by atoms with Crippen LogP contribution in [0.15, 0.2) is 24.3 Å². The Morgan fingerprint density at radius 1 is 1.26 bits per heavy atom. The minimum atomic E-state index is -1.00. The van der Waals surface area contributed by atoms with Crippen LogP contribution in [0.5, 0.6) is 0 Å². The number of halogens is 1. The van der Waals surface area contributed by atoms with Gasteiger partial charge in [0.25, 0.3) is 0 Å². The van der Waals surface area contributed by atoms with Crippen LogP contribution >= 0.6 is 11.6 Å². The van der Waals surface area contributed by atoms with Crippen LogP contribution in [0, 0.1) is 5.92 Å². The van der Waals surface area contributed by atoms with Crippen LogP contribution in [-0.2, 0) is 9.47 Å². The van der Waals surface area contributed by atoms with Crippen LogP contribution in [0.3, 0.4) is 0 Å². The van der Waals surface area contributed by atoms with Gasteiger partial charge in [-0.05, 0) is 56.3 Å². The molecule has 9 nitrogen and oxygen atoms in total. The standard InChI is InChI=1S/C25H41ClN4O5/c1-27-17-22(15-19-7-4-5-13-34-18-19)28-24(31)29(2)11-10-23(20-8-6-9-21(26)16-20)35-14-12-30(3)25(32)33/h6,8-9,16,19,22-23,27H,4-5,7,10-15,17-18H2,1-3H3,(H,28,31)(H,32,33)/t19-,22+,23-/m1/s1. The second-order valence-corrected chi connectivity index (χ2v) is 9.64. The molecule has 1 aromatic carbocycles. The maximum atomic E-state index is 12.9. The van der Waals surface area contributed by atoms with E-state index >= 15 is 0 Å². The van der Waals surface area contributed by atoms with E-state index in [4.69, 9.17) is 26.2 Å². The lowest BCUT2D eigenvalue weighted by Gasteiger charge is -2.27. The predicted octanol–water partition coefficient (Wildman–Crippen LogP) is 3.83. The van der Waals surface area contributed by atoms with Gasteiger partial charge in [-0.15, -0.1) is 0 Å². The molecule has 1 aliphatic rings. The smallest absolute Gasteiger partial charge is 0.407 e. The Morgan fingerprint density at radius 2 is 2.06 bits per heavy atom. The Balaban J connectivity index is 1.92. The maximum absolute atomic E-state index is 12.9. The molecular weight excluding hydrogens is 472 g/mol. The zero-order valence-electron chi connectivity index (χ0n) is 21.2. The number of ether oxygens (including phenoxy) is 2. The van der Waals surface area contributed by atoms with Crippen LogP contribution in [0.4, 0.5) is 9.59 Å². The molecule has 1 aliphatic heterocycles. The minimum Gasteiger partial charge on any atom is -0.465 e. The maximum Gasteiger partial charge on any atom is 0.407 e. The van der Waals surface area contributed by atoms with Crippen molar-refractivity contribution in [1.29, 1.82) is 0 Å². The zero-order valence-corrected chi connectivity index (χ0v) is 21.9. The summed E-state index contributed by atoms with van der Waals surface area (Å²) in [6, 6.07) is 7.30. The summed E-state index contributed by atoms with van der Waals surface area (Å²) in [6.07, 6.45) is 3.50. The van der Waals surface area contributed by atoms with Crippen molar-refractivity contribution in [1.82, 2.24) is 20.4 Å². The highest BCUT2D eigenvalue weighted by Crippen LogP contribution is 2.24. The number of hydrogen-bond donors (Lipinski definition) is 3. The van der Waals surface area contributed by atoms with Crippen molar-refractivity contribution in [3.63, 3.8) is 0 Å². The Kier molecular flexibility index (Phi) is 13.2. The second-order valence-electron chi connectivity index (χ2n) is 9.21. The second kappa shape index (κ2) is 15.8. The van der Waals surface area contributed by atoms with Crippen LogP contribution in [-0.4, -0.2) is 93.7 Å². The van der Waals surface area contributed by atoms with E-state index in [9.17, 15) is 9.59 Å². The van der Waals surface area contributed by atoms with Gasteiger partial charge in [0.1, 0.15) is 0 Å². The van der Waals surface area contributed by atoms with Crippen molar-refractivity contribution in [2.24, 2.45) is 5.92 Å². The summed E-state index contributed by atoms with van der Waals surface area (Å²) in [6.45, 7) is 3.23. The van der Waals surface area contributed by atoms with Gasteiger partial charge in [-0.1, -0.05) is 30.2 Å². The number of amides is 3. The fourth-order valence-electron chi connectivity index (χ4n) is 4.18. The molecule has 0 saturated carbocycles. The van der Waals surface area contributed by atoms with Crippen molar-refractivity contribution in [3.8, 4) is 0 Å². The number of benzene rings is 1. The van der Waals surface area contributed by atoms with Crippen molar-refractivity contribution < 1.29 is 24.2 Å². The van der Waals surface area contributed by atoms with Crippen LogP contribution in [0.25, 0.3) is 0 Å². The van der Waals surface area contributed by atoms with E-state index in [1.807, 2.05) is 25.2 Å². The number of nitrogens with one attached hydrogen (secondary N) is 2. The molecule has 1 saturated heterocycles. The molecule has 1 heterocycles. The normalized spacial score (nSPS) is 17.8. The first-order valence-corrected chi connectivity index (χ1v) is 12.7. The van der Waals surface area contributed by atoms with E-state index in [0.717, 1.165) is 44.5 Å². The van der Waals surface area contributed by atoms with Gasteiger partial charge in [0.2, 0.25) is 0 Å². The third kappa shape index (κ3) is 11.0. The van der Waals surface area contributed by atoms with Crippen LogP contribution in [0.1, 0.15) is 43.8 Å². The van der Waals surface area contributed by atoms with Gasteiger partial charge in [-0.2, -0.15) is 0 Å². The summed E-state index contributed by atoms with van der Waals surface area (Å²) >= 11 is 6.17. The number of likely N-dealkylation sites (N-methyl/N-ethyl adjacent to an activating group) is 2. The van der Waals surface area contributed by atoms with E-state index in [2.05, 4.69) is 10.6 Å². The number of rotatable bonds is 13. The lowest BCUT2D eigenvalue weighted by atomic mass is 9.95. The first-order chi connectivity index (χ1) is 16.8. The highest BCUT2D eigenvalue weighted by molar-refractivity contribution is 6.30. The summed E-state index contributed by atoms with van der Waals surface area (Å²) in [5.41, 5.74) is 0.894. The van der Waals surface area contributed by atoms with Crippen LogP contribution < -0.4 is 10.6 Å². The molecule has 2 rings (SSSR count). The SMILES string of the molecule is CNC[C@H](C[C@H]1CCCCOC1)NC(=O)N(C)CC[C@@H](OCCN(C)C(=O)O)c1cccc(Cl)c1. The van der Waals surface area contributed by atoms with E-state index in [1.54, 1.807) is 18.0 Å². The largest absolute Gasteiger partial charge is 0.465 e. The first-order valence-electron chi connectivity index (χ1n) is 12.3. The quantitative estimate of drug-likeness (QED) is 0.371. The summed E-state index contributed by atoms with van der Waals surface area (Å²) in [7, 11) is 5.16. The molecule has 198 valence electrons. The monoisotopic (exact) mass is 512 g/mol. The summed E-state index contributed by atoms with van der Waals surface area (Å²) < 4.78 is 11.7. The number of carboxylic acid groups (broad SMARTS) is 1. The molecule has 3 amide bonds. The summed E-state index contributed by atoms with van der Waals surface area (Å²) in [5.74, 6) is 0.450. The van der Waals surface area contributed by atoms with E-state index in [0.29, 0.717) is 30.5 Å². The van der Waals surface area contributed by atoms with Gasteiger partial charge < -0.3 is 35.0 Å². The van der Waals surface area contributed by atoms with Gasteiger partial charge >= 0.3 is 12.1 Å². The third-order valence-corrected chi connectivity index (χ3v) is 6.50. The highest BCUT2D eigenvalue weighted by Gasteiger charge is 2.22. The molecule has 0 radical (unpaired) electrons. The van der Waals surface area contributed by atoms with E-state index < -0.39 is 6.09 Å². The van der Waals surface area contributed by atoms with Crippen molar-refractivity contribution in [2.75, 3.05) is 60.6 Å². The number of hydrogen-bond acceptors (Lipinski definition) is 5. The predicted molar refractivity (Wildman–Crippen MR) is 137 cm³/mol. The lowest BCUT2D eigenvalue weighted by molar-refractivity contribution is 0.0318. The Hall–Kier alpha value is -2.07. The molecular formula is C25H41ClN4O5. The molecule has 3 atom stereocenters. The molecule has 10 heteroatoms. The Morgan fingerprint density at radius 3 is 2.77 bits per heavy atom. The van der Waals surface area contributed by atoms with Gasteiger partial charge in [0.15, 0.2) is 0 Å². The number of carbonyl (C=O) groups is 2. The molecule has 1 aromatic rings. The lowest BCUT2D eigenvalue weighted by Crippen LogP contribution is -2.48.